The van der Waals surface area contributed by atoms with Crippen LogP contribution >= 0.6 is 0 Å². The molecule has 0 spiro atoms. The number of carbonyl (C=O) groups excluding carboxylic acids is 1. The molecule has 0 aromatic carbocycles. The Morgan fingerprint density at radius 1 is 0.690 bits per heavy atom. The summed E-state index contributed by atoms with van der Waals surface area (Å²) in [7, 11) is 0. The van der Waals surface area contributed by atoms with E-state index in [1.165, 1.54) is 0 Å². The molecule has 0 N–H and O–H groups in total. The fourth-order valence-electron chi connectivity index (χ4n) is 1.57. The molecule has 2 nitrogen and oxygen atoms in total. The predicted molar refractivity (Wildman–Crippen MR) is 61.3 cm³/mol. The van der Waals surface area contributed by atoms with E-state index in [4.69, 9.17) is 0 Å². The zero-order valence-electron chi connectivity index (χ0n) is 13.4. The molecule has 0 unspecified atom stereocenters. The van der Waals surface area contributed by atoms with E-state index in [0.717, 1.165) is 6.92 Å². The molecule has 0 aliphatic rings. The van der Waals surface area contributed by atoms with Gasteiger partial charge in [0.1, 0.15) is 5.57 Å². The summed E-state index contributed by atoms with van der Waals surface area (Å²) >= 11 is 0. The lowest BCUT2D eigenvalue weighted by Gasteiger charge is -2.39. The predicted octanol–water partition coefficient (Wildman–Crippen LogP) is 5.83. The Kier molecular flexibility index (Phi) is 7.28. The molecule has 0 heterocycles. The maximum Gasteiger partial charge on any atom is 0.460 e. The first-order valence-corrected chi connectivity index (χ1v) is 6.70. The first-order chi connectivity index (χ1) is 12.5. The standard InChI is InChI=1S/C12H7F15O2/c1-2-29-6(28)4(5(13)14)3-7(15,16)8(17,18)9(19,20)10(21,22)11(23,24)12(25,26)27/h2-3H2,1H3. The number of carbonyl (C=O) groups is 1. The van der Waals surface area contributed by atoms with Crippen molar-refractivity contribution in [3.05, 3.63) is 11.7 Å². The first kappa shape index (κ1) is 27.2. The molecule has 172 valence electrons. The number of esters is 1. The van der Waals surface area contributed by atoms with E-state index in [1.54, 1.807) is 0 Å². The van der Waals surface area contributed by atoms with Crippen molar-refractivity contribution >= 4 is 5.97 Å². The van der Waals surface area contributed by atoms with E-state index in [1.807, 2.05) is 0 Å². The number of alkyl halides is 13. The SMILES string of the molecule is CCOC(=O)C(CC(F)(F)C(F)(F)C(F)(F)C(F)(F)C(F)(F)C(F)(F)F)=C(F)F. The number of rotatable bonds is 8. The molecular formula is C12H7F15O2. The molecule has 29 heavy (non-hydrogen) atoms. The molecular weight excluding hydrogens is 461 g/mol. The minimum Gasteiger partial charge on any atom is -0.462 e. The van der Waals surface area contributed by atoms with Gasteiger partial charge in [0.05, 0.1) is 13.0 Å². The van der Waals surface area contributed by atoms with Gasteiger partial charge in [-0.25, -0.2) is 4.79 Å². The molecule has 0 amide bonds. The van der Waals surface area contributed by atoms with E-state index in [-0.39, 0.29) is 0 Å². The highest BCUT2D eigenvalue weighted by Gasteiger charge is 2.90. The van der Waals surface area contributed by atoms with Crippen LogP contribution in [0.3, 0.4) is 0 Å². The lowest BCUT2D eigenvalue weighted by Crippen LogP contribution is -2.70. The van der Waals surface area contributed by atoms with Gasteiger partial charge in [0.25, 0.3) is 6.08 Å². The molecule has 0 saturated heterocycles. The highest BCUT2D eigenvalue weighted by molar-refractivity contribution is 5.88. The summed E-state index contributed by atoms with van der Waals surface area (Å²) in [5, 5.41) is 0. The van der Waals surface area contributed by atoms with Crippen LogP contribution in [0.1, 0.15) is 13.3 Å². The molecule has 0 fully saturated rings. The summed E-state index contributed by atoms with van der Waals surface area (Å²) in [6.07, 6.45) is -14.6. The summed E-state index contributed by atoms with van der Waals surface area (Å²) in [5.41, 5.74) is -2.72. The lowest BCUT2D eigenvalue weighted by atomic mass is 9.91. The Morgan fingerprint density at radius 3 is 1.38 bits per heavy atom. The first-order valence-electron chi connectivity index (χ1n) is 6.70. The third kappa shape index (κ3) is 4.36. The fourth-order valence-corrected chi connectivity index (χ4v) is 1.57. The molecule has 0 aromatic rings. The molecule has 0 aromatic heterocycles. The Bertz CT molecular complexity index is 642. The zero-order valence-corrected chi connectivity index (χ0v) is 13.4. The molecule has 0 atom stereocenters. The fraction of sp³-hybridized carbons (Fsp3) is 0.750. The van der Waals surface area contributed by atoms with Crippen LogP contribution < -0.4 is 0 Å². The van der Waals surface area contributed by atoms with Crippen LogP contribution in [-0.4, -0.2) is 48.4 Å². The summed E-state index contributed by atoms with van der Waals surface area (Å²) in [6.45, 7) is 0.0376. The minimum atomic E-state index is -8.16. The van der Waals surface area contributed by atoms with Crippen molar-refractivity contribution in [1.82, 2.24) is 0 Å². The molecule has 0 bridgehead atoms. The molecule has 0 saturated carbocycles. The number of hydrogen-bond acceptors (Lipinski definition) is 2. The van der Waals surface area contributed by atoms with Crippen molar-refractivity contribution in [2.45, 2.75) is 49.1 Å². The summed E-state index contributed by atoms with van der Waals surface area (Å²) in [4.78, 5) is 11.0. The van der Waals surface area contributed by atoms with Gasteiger partial charge in [-0.15, -0.1) is 0 Å². The number of ether oxygens (including phenoxy) is 1. The van der Waals surface area contributed by atoms with Crippen LogP contribution in [0.4, 0.5) is 65.9 Å². The normalized spacial score (nSPS) is 14.6. The average molecular weight is 468 g/mol. The van der Waals surface area contributed by atoms with Gasteiger partial charge in [0.15, 0.2) is 0 Å². The highest BCUT2D eigenvalue weighted by Crippen LogP contribution is 2.61. The largest absolute Gasteiger partial charge is 0.462 e. The topological polar surface area (TPSA) is 26.3 Å². The van der Waals surface area contributed by atoms with Gasteiger partial charge in [-0.3, -0.25) is 0 Å². The van der Waals surface area contributed by atoms with E-state index in [9.17, 15) is 70.7 Å². The maximum atomic E-state index is 13.5. The van der Waals surface area contributed by atoms with E-state index in [0.29, 0.717) is 0 Å². The van der Waals surface area contributed by atoms with Gasteiger partial charge in [-0.1, -0.05) is 0 Å². The third-order valence-corrected chi connectivity index (χ3v) is 3.15. The second-order valence-corrected chi connectivity index (χ2v) is 5.14. The Balaban J connectivity index is 6.37. The van der Waals surface area contributed by atoms with E-state index < -0.39 is 66.4 Å². The van der Waals surface area contributed by atoms with Crippen LogP contribution in [0.25, 0.3) is 0 Å². The van der Waals surface area contributed by atoms with Crippen molar-refractivity contribution in [2.24, 2.45) is 0 Å². The molecule has 17 heteroatoms. The van der Waals surface area contributed by atoms with Gasteiger partial charge in [-0.2, -0.15) is 65.9 Å². The zero-order chi connectivity index (χ0) is 23.9. The van der Waals surface area contributed by atoms with Crippen molar-refractivity contribution in [3.63, 3.8) is 0 Å². The van der Waals surface area contributed by atoms with Crippen molar-refractivity contribution in [3.8, 4) is 0 Å². The molecule has 0 rings (SSSR count). The van der Waals surface area contributed by atoms with Crippen molar-refractivity contribution < 1.29 is 75.4 Å². The second kappa shape index (κ2) is 7.77. The summed E-state index contributed by atoms with van der Waals surface area (Å²) in [6, 6.07) is 0. The van der Waals surface area contributed by atoms with Crippen LogP contribution in [0.5, 0.6) is 0 Å². The molecule has 0 aliphatic carbocycles. The Morgan fingerprint density at radius 2 is 1.07 bits per heavy atom. The van der Waals surface area contributed by atoms with Gasteiger partial charge in [0.2, 0.25) is 0 Å². The summed E-state index contributed by atoms with van der Waals surface area (Å²) < 4.78 is 196. The maximum absolute atomic E-state index is 13.5. The van der Waals surface area contributed by atoms with Crippen molar-refractivity contribution in [2.75, 3.05) is 6.61 Å². The Hall–Kier alpha value is -1.84. The van der Waals surface area contributed by atoms with Gasteiger partial charge in [0, 0.05) is 0 Å². The van der Waals surface area contributed by atoms with Crippen molar-refractivity contribution in [1.29, 1.82) is 0 Å². The van der Waals surface area contributed by atoms with Crippen LogP contribution in [-0.2, 0) is 9.53 Å². The smallest absolute Gasteiger partial charge is 0.460 e. The Labute approximate surface area is 150 Å². The molecule has 0 aliphatic heterocycles. The van der Waals surface area contributed by atoms with Gasteiger partial charge < -0.3 is 4.74 Å². The highest BCUT2D eigenvalue weighted by atomic mass is 19.4. The molecule has 0 radical (unpaired) electrons. The van der Waals surface area contributed by atoms with E-state index >= 15 is 0 Å². The number of hydrogen-bond donors (Lipinski definition) is 0. The lowest BCUT2D eigenvalue weighted by molar-refractivity contribution is -0.439. The summed E-state index contributed by atoms with van der Waals surface area (Å²) in [5.74, 6) is -41.3. The minimum absolute atomic E-state index is 0.844. The van der Waals surface area contributed by atoms with Crippen LogP contribution in [0.15, 0.2) is 11.7 Å². The van der Waals surface area contributed by atoms with Gasteiger partial charge >= 0.3 is 41.8 Å². The van der Waals surface area contributed by atoms with E-state index in [2.05, 4.69) is 4.74 Å². The quantitative estimate of drug-likeness (QED) is 0.255. The monoisotopic (exact) mass is 468 g/mol. The second-order valence-electron chi connectivity index (χ2n) is 5.14. The third-order valence-electron chi connectivity index (χ3n) is 3.15. The van der Waals surface area contributed by atoms with Crippen LogP contribution in [0.2, 0.25) is 0 Å². The average Bonchev–Trinajstić information content (AvgIpc) is 2.50. The van der Waals surface area contributed by atoms with Gasteiger partial charge in [-0.05, 0) is 6.92 Å². The number of halogens is 15. The van der Waals surface area contributed by atoms with Crippen LogP contribution in [0, 0.1) is 0 Å².